The number of nitrogens with one attached hydrogen (secondary N) is 1. The maximum atomic E-state index is 12.9. The maximum absolute atomic E-state index is 12.9. The van der Waals surface area contributed by atoms with Gasteiger partial charge < -0.3 is 5.32 Å². The van der Waals surface area contributed by atoms with Crippen LogP contribution in [0.25, 0.3) is 0 Å². The molecule has 2 nitrogen and oxygen atoms in total. The number of carbonyl (C=O) groups is 1. The van der Waals surface area contributed by atoms with Crippen LogP contribution in [0, 0.1) is 17.6 Å². The maximum Gasteiger partial charge on any atom is 0.224 e. The number of carbonyl (C=O) groups excluding carboxylic acids is 1. The molecule has 0 aromatic heterocycles. The first kappa shape index (κ1) is 14.9. The lowest BCUT2D eigenvalue weighted by Gasteiger charge is -2.11. The average Bonchev–Trinajstić information content (AvgIpc) is 2.32. The summed E-state index contributed by atoms with van der Waals surface area (Å²) in [5, 5.41) is 2.74. The summed E-state index contributed by atoms with van der Waals surface area (Å²) < 4.78 is 25.6. The quantitative estimate of drug-likeness (QED) is 0.795. The van der Waals surface area contributed by atoms with Gasteiger partial charge in [0.15, 0.2) is 11.6 Å². The Morgan fingerprint density at radius 3 is 2.72 bits per heavy atom. The molecule has 0 saturated heterocycles. The molecular formula is C13H16ClF2NO. The van der Waals surface area contributed by atoms with Crippen molar-refractivity contribution in [2.24, 2.45) is 5.92 Å². The molecule has 0 aliphatic carbocycles. The minimum atomic E-state index is -0.934. The molecular weight excluding hydrogens is 260 g/mol. The van der Waals surface area contributed by atoms with E-state index in [4.69, 9.17) is 11.6 Å². The number of alkyl halides is 1. The average molecular weight is 276 g/mol. The smallest absolute Gasteiger partial charge is 0.224 e. The Hall–Kier alpha value is -1.16. The van der Waals surface area contributed by atoms with Gasteiger partial charge in [0.05, 0.1) is 6.42 Å². The third-order valence-electron chi connectivity index (χ3n) is 2.60. The van der Waals surface area contributed by atoms with Gasteiger partial charge in [0, 0.05) is 12.4 Å². The largest absolute Gasteiger partial charge is 0.356 e. The van der Waals surface area contributed by atoms with Crippen molar-refractivity contribution < 1.29 is 13.6 Å². The van der Waals surface area contributed by atoms with E-state index in [1.165, 1.54) is 6.07 Å². The minimum absolute atomic E-state index is 0.0464. The molecule has 1 amide bonds. The lowest BCUT2D eigenvalue weighted by atomic mass is 10.1. The first-order valence-electron chi connectivity index (χ1n) is 5.79. The number of hydrogen-bond acceptors (Lipinski definition) is 1. The van der Waals surface area contributed by atoms with Crippen molar-refractivity contribution in [1.29, 1.82) is 0 Å². The molecule has 1 aromatic carbocycles. The van der Waals surface area contributed by atoms with Crippen molar-refractivity contribution in [2.75, 3.05) is 12.4 Å². The molecule has 1 rings (SSSR count). The fourth-order valence-electron chi connectivity index (χ4n) is 1.47. The van der Waals surface area contributed by atoms with Crippen molar-refractivity contribution in [3.63, 3.8) is 0 Å². The standard InChI is InChI=1S/C13H16ClF2NO/c1-9(4-5-14)8-17-13(18)7-10-2-3-11(15)12(16)6-10/h2-3,6,9H,4-5,7-8H2,1H3,(H,17,18). The van der Waals surface area contributed by atoms with Gasteiger partial charge in [-0.05, 0) is 30.0 Å². The Bertz CT molecular complexity index is 412. The fraction of sp³-hybridized carbons (Fsp3) is 0.462. The normalized spacial score (nSPS) is 12.2. The predicted molar refractivity (Wildman–Crippen MR) is 67.6 cm³/mol. The van der Waals surface area contributed by atoms with E-state index in [-0.39, 0.29) is 12.3 Å². The minimum Gasteiger partial charge on any atom is -0.356 e. The lowest BCUT2D eigenvalue weighted by molar-refractivity contribution is -0.120. The second-order valence-electron chi connectivity index (χ2n) is 4.31. The Morgan fingerprint density at radius 1 is 1.39 bits per heavy atom. The summed E-state index contributed by atoms with van der Waals surface area (Å²) in [6.07, 6.45) is 0.873. The molecule has 0 bridgehead atoms. The SMILES string of the molecule is CC(CCCl)CNC(=O)Cc1ccc(F)c(F)c1. The fourth-order valence-corrected chi connectivity index (χ4v) is 1.85. The topological polar surface area (TPSA) is 29.1 Å². The van der Waals surface area contributed by atoms with Crippen LogP contribution in [0.2, 0.25) is 0 Å². The van der Waals surface area contributed by atoms with Crippen LogP contribution in [0.3, 0.4) is 0 Å². The number of amides is 1. The predicted octanol–water partition coefficient (Wildman–Crippen LogP) is 2.89. The van der Waals surface area contributed by atoms with E-state index in [9.17, 15) is 13.6 Å². The third kappa shape index (κ3) is 5.00. The molecule has 1 N–H and O–H groups in total. The van der Waals surface area contributed by atoms with E-state index >= 15 is 0 Å². The molecule has 0 aliphatic heterocycles. The second-order valence-corrected chi connectivity index (χ2v) is 4.69. The van der Waals surface area contributed by atoms with Crippen LogP contribution in [0.4, 0.5) is 8.78 Å². The summed E-state index contributed by atoms with van der Waals surface area (Å²) in [7, 11) is 0. The number of halogens is 3. The van der Waals surface area contributed by atoms with Gasteiger partial charge in [-0.25, -0.2) is 8.78 Å². The first-order chi connectivity index (χ1) is 8.52. The van der Waals surface area contributed by atoms with Gasteiger partial charge >= 0.3 is 0 Å². The van der Waals surface area contributed by atoms with Crippen molar-refractivity contribution in [1.82, 2.24) is 5.32 Å². The molecule has 0 spiro atoms. The van der Waals surface area contributed by atoms with Crippen molar-refractivity contribution in [2.45, 2.75) is 19.8 Å². The highest BCUT2D eigenvalue weighted by Gasteiger charge is 2.08. The van der Waals surface area contributed by atoms with Crippen molar-refractivity contribution in [3.8, 4) is 0 Å². The van der Waals surface area contributed by atoms with Crippen LogP contribution in [0.5, 0.6) is 0 Å². The molecule has 5 heteroatoms. The van der Waals surface area contributed by atoms with Crippen LogP contribution in [0.1, 0.15) is 18.9 Å². The van der Waals surface area contributed by atoms with E-state index in [1.54, 1.807) is 0 Å². The molecule has 1 aromatic rings. The third-order valence-corrected chi connectivity index (χ3v) is 2.82. The van der Waals surface area contributed by atoms with Gasteiger partial charge in [-0.3, -0.25) is 4.79 Å². The van der Waals surface area contributed by atoms with Crippen molar-refractivity contribution in [3.05, 3.63) is 35.4 Å². The van der Waals surface area contributed by atoms with Gasteiger partial charge in [-0.15, -0.1) is 11.6 Å². The van der Waals surface area contributed by atoms with Gasteiger partial charge in [-0.2, -0.15) is 0 Å². The highest BCUT2D eigenvalue weighted by molar-refractivity contribution is 6.17. The van der Waals surface area contributed by atoms with Crippen LogP contribution < -0.4 is 5.32 Å². The summed E-state index contributed by atoms with van der Waals surface area (Å²) in [5.74, 6) is -1.19. The molecule has 0 fully saturated rings. The van der Waals surface area contributed by atoms with E-state index in [0.29, 0.717) is 23.9 Å². The van der Waals surface area contributed by atoms with E-state index in [0.717, 1.165) is 18.6 Å². The lowest BCUT2D eigenvalue weighted by Crippen LogP contribution is -2.29. The molecule has 0 radical (unpaired) electrons. The molecule has 18 heavy (non-hydrogen) atoms. The Morgan fingerprint density at radius 2 is 2.11 bits per heavy atom. The van der Waals surface area contributed by atoms with Crippen LogP contribution in [-0.4, -0.2) is 18.3 Å². The van der Waals surface area contributed by atoms with Gasteiger partial charge in [0.1, 0.15) is 0 Å². The highest BCUT2D eigenvalue weighted by atomic mass is 35.5. The van der Waals surface area contributed by atoms with Gasteiger partial charge in [-0.1, -0.05) is 13.0 Å². The number of rotatable bonds is 6. The van der Waals surface area contributed by atoms with E-state index in [1.807, 2.05) is 6.92 Å². The second kappa shape index (κ2) is 7.31. The molecule has 0 heterocycles. The van der Waals surface area contributed by atoms with Gasteiger partial charge in [0.25, 0.3) is 0 Å². The van der Waals surface area contributed by atoms with Crippen LogP contribution in [-0.2, 0) is 11.2 Å². The zero-order valence-electron chi connectivity index (χ0n) is 10.2. The Labute approximate surface area is 110 Å². The zero-order chi connectivity index (χ0) is 13.5. The summed E-state index contributed by atoms with van der Waals surface area (Å²) in [4.78, 5) is 11.6. The summed E-state index contributed by atoms with van der Waals surface area (Å²) in [6, 6.07) is 3.46. The monoisotopic (exact) mass is 275 g/mol. The summed E-state index contributed by atoms with van der Waals surface area (Å²) in [5.41, 5.74) is 0.455. The molecule has 0 aliphatic rings. The first-order valence-corrected chi connectivity index (χ1v) is 6.33. The molecule has 1 atom stereocenters. The Kier molecular flexibility index (Phi) is 6.05. The summed E-state index contributed by atoms with van der Waals surface area (Å²) in [6.45, 7) is 2.52. The van der Waals surface area contributed by atoms with E-state index in [2.05, 4.69) is 5.32 Å². The Balaban J connectivity index is 2.42. The highest BCUT2D eigenvalue weighted by Crippen LogP contribution is 2.09. The number of benzene rings is 1. The zero-order valence-corrected chi connectivity index (χ0v) is 10.9. The van der Waals surface area contributed by atoms with Crippen LogP contribution >= 0.6 is 11.6 Å². The van der Waals surface area contributed by atoms with Crippen LogP contribution in [0.15, 0.2) is 18.2 Å². The molecule has 100 valence electrons. The van der Waals surface area contributed by atoms with Gasteiger partial charge in [0.2, 0.25) is 5.91 Å². The summed E-state index contributed by atoms with van der Waals surface area (Å²) >= 11 is 5.58. The van der Waals surface area contributed by atoms with E-state index < -0.39 is 11.6 Å². The molecule has 1 unspecified atom stereocenters. The number of hydrogen-bond donors (Lipinski definition) is 1. The molecule has 0 saturated carbocycles. The van der Waals surface area contributed by atoms with Crippen molar-refractivity contribution >= 4 is 17.5 Å².